The van der Waals surface area contributed by atoms with Gasteiger partial charge in [0.2, 0.25) is 0 Å². The van der Waals surface area contributed by atoms with Crippen molar-refractivity contribution in [2.45, 2.75) is 32.3 Å². The number of aliphatic hydroxyl groups is 1. The van der Waals surface area contributed by atoms with Gasteiger partial charge in [0.25, 0.3) is 0 Å². The van der Waals surface area contributed by atoms with Crippen molar-refractivity contribution in [3.63, 3.8) is 0 Å². The van der Waals surface area contributed by atoms with Crippen molar-refractivity contribution >= 4 is 0 Å². The molecule has 1 unspecified atom stereocenters. The zero-order valence-electron chi connectivity index (χ0n) is 7.70. The Hall–Kier alpha value is -0.820. The van der Waals surface area contributed by atoms with E-state index in [2.05, 4.69) is 19.1 Å². The van der Waals surface area contributed by atoms with Gasteiger partial charge in [-0.2, -0.15) is 0 Å². The van der Waals surface area contributed by atoms with E-state index in [1.54, 1.807) is 0 Å². The fraction of sp³-hybridized carbons (Fsp3) is 0.455. The van der Waals surface area contributed by atoms with Crippen LogP contribution in [0, 0.1) is 0 Å². The van der Waals surface area contributed by atoms with Gasteiger partial charge in [0.05, 0.1) is 6.10 Å². The van der Waals surface area contributed by atoms with Crippen LogP contribution in [0.25, 0.3) is 0 Å². The lowest BCUT2D eigenvalue weighted by atomic mass is 9.94. The van der Waals surface area contributed by atoms with Gasteiger partial charge in [-0.15, -0.1) is 0 Å². The van der Waals surface area contributed by atoms with Crippen LogP contribution in [0.5, 0.6) is 0 Å². The molecule has 0 heterocycles. The fourth-order valence-electron chi connectivity index (χ4n) is 1.33. The van der Waals surface area contributed by atoms with Crippen LogP contribution in [0.15, 0.2) is 30.3 Å². The van der Waals surface area contributed by atoms with Crippen molar-refractivity contribution in [2.75, 3.05) is 0 Å². The highest BCUT2D eigenvalue weighted by Crippen LogP contribution is 2.20. The quantitative estimate of drug-likeness (QED) is 0.728. The minimum absolute atomic E-state index is 0.215. The molecule has 0 aliphatic carbocycles. The molecule has 0 radical (unpaired) electrons. The van der Waals surface area contributed by atoms with Crippen molar-refractivity contribution in [1.82, 2.24) is 0 Å². The van der Waals surface area contributed by atoms with E-state index in [0.29, 0.717) is 0 Å². The molecule has 0 bridgehead atoms. The number of benzene rings is 1. The second kappa shape index (κ2) is 4.27. The number of rotatable bonds is 3. The monoisotopic (exact) mass is 164 g/mol. The lowest BCUT2D eigenvalue weighted by Gasteiger charge is -2.17. The lowest BCUT2D eigenvalue weighted by molar-refractivity contribution is 0.145. The van der Waals surface area contributed by atoms with Gasteiger partial charge in [-0.3, -0.25) is 0 Å². The van der Waals surface area contributed by atoms with E-state index in [-0.39, 0.29) is 12.0 Å². The zero-order valence-corrected chi connectivity index (χ0v) is 7.70. The van der Waals surface area contributed by atoms with Gasteiger partial charge in [0.15, 0.2) is 0 Å². The normalized spacial score (nSPS) is 15.6. The molecule has 1 nitrogen and oxygen atoms in total. The molecule has 2 atom stereocenters. The van der Waals surface area contributed by atoms with Gasteiger partial charge in [0, 0.05) is 5.92 Å². The Bertz CT molecular complexity index is 218. The van der Waals surface area contributed by atoms with Crippen LogP contribution < -0.4 is 0 Å². The summed E-state index contributed by atoms with van der Waals surface area (Å²) in [5.74, 6) is 0.246. The summed E-state index contributed by atoms with van der Waals surface area (Å²) in [6, 6.07) is 10.1. The van der Waals surface area contributed by atoms with E-state index in [1.807, 2.05) is 25.1 Å². The Labute approximate surface area is 74.1 Å². The summed E-state index contributed by atoms with van der Waals surface area (Å²) in [6.07, 6.45) is 0.600. The second-order valence-corrected chi connectivity index (χ2v) is 3.17. The van der Waals surface area contributed by atoms with E-state index in [0.717, 1.165) is 6.42 Å². The molecule has 1 N–H and O–H groups in total. The average molecular weight is 164 g/mol. The van der Waals surface area contributed by atoms with Crippen LogP contribution in [0.1, 0.15) is 31.7 Å². The Morgan fingerprint density at radius 3 is 2.33 bits per heavy atom. The summed E-state index contributed by atoms with van der Waals surface area (Å²) in [4.78, 5) is 0. The highest BCUT2D eigenvalue weighted by atomic mass is 16.3. The van der Waals surface area contributed by atoms with Gasteiger partial charge >= 0.3 is 0 Å². The predicted octanol–water partition coefficient (Wildman–Crippen LogP) is 2.56. The Morgan fingerprint density at radius 1 is 1.25 bits per heavy atom. The van der Waals surface area contributed by atoms with Crippen LogP contribution in [0.3, 0.4) is 0 Å². The maximum absolute atomic E-state index is 9.58. The molecule has 1 aromatic rings. The zero-order chi connectivity index (χ0) is 8.97. The molecule has 12 heavy (non-hydrogen) atoms. The van der Waals surface area contributed by atoms with E-state index < -0.39 is 0 Å². The standard InChI is InChI=1S/C11H16O/c1-3-11(12)9(2)10-7-5-4-6-8-10/h4-9,11-12H,3H2,1-2H3/t9?,11-/m1/s1. The van der Waals surface area contributed by atoms with Crippen molar-refractivity contribution in [3.05, 3.63) is 35.9 Å². The van der Waals surface area contributed by atoms with Gasteiger partial charge < -0.3 is 5.11 Å². The first-order valence-electron chi connectivity index (χ1n) is 4.48. The van der Waals surface area contributed by atoms with E-state index in [4.69, 9.17) is 0 Å². The predicted molar refractivity (Wildman–Crippen MR) is 51.2 cm³/mol. The van der Waals surface area contributed by atoms with E-state index in [9.17, 15) is 5.11 Å². The summed E-state index contributed by atoms with van der Waals surface area (Å²) in [6.45, 7) is 4.06. The molecule has 0 saturated heterocycles. The molecule has 66 valence electrons. The third kappa shape index (κ3) is 2.08. The Balaban J connectivity index is 2.71. The number of aliphatic hydroxyl groups excluding tert-OH is 1. The number of hydrogen-bond acceptors (Lipinski definition) is 1. The van der Waals surface area contributed by atoms with Gasteiger partial charge in [-0.1, -0.05) is 44.2 Å². The molecular weight excluding hydrogens is 148 g/mol. The largest absolute Gasteiger partial charge is 0.393 e. The SMILES string of the molecule is CC[C@@H](O)C(C)c1ccccc1. The van der Waals surface area contributed by atoms with Crippen LogP contribution in [-0.2, 0) is 0 Å². The molecule has 0 fully saturated rings. The summed E-state index contributed by atoms with van der Waals surface area (Å²) in [7, 11) is 0. The first kappa shape index (κ1) is 9.27. The topological polar surface area (TPSA) is 20.2 Å². The van der Waals surface area contributed by atoms with Crippen LogP contribution in [0.2, 0.25) is 0 Å². The molecule has 0 aliphatic rings. The maximum atomic E-state index is 9.58. The molecule has 0 saturated carbocycles. The highest BCUT2D eigenvalue weighted by Gasteiger charge is 2.12. The average Bonchev–Trinajstić information content (AvgIpc) is 2.17. The molecule has 1 heteroatoms. The van der Waals surface area contributed by atoms with E-state index in [1.165, 1.54) is 5.56 Å². The van der Waals surface area contributed by atoms with E-state index >= 15 is 0 Å². The first-order valence-corrected chi connectivity index (χ1v) is 4.48. The summed E-state index contributed by atoms with van der Waals surface area (Å²) < 4.78 is 0. The van der Waals surface area contributed by atoms with Gasteiger partial charge in [-0.05, 0) is 12.0 Å². The Morgan fingerprint density at radius 2 is 1.83 bits per heavy atom. The summed E-state index contributed by atoms with van der Waals surface area (Å²) in [5.41, 5.74) is 1.21. The minimum Gasteiger partial charge on any atom is -0.393 e. The highest BCUT2D eigenvalue weighted by molar-refractivity contribution is 5.19. The molecular formula is C11H16O. The molecule has 0 aromatic heterocycles. The minimum atomic E-state index is -0.215. The summed E-state index contributed by atoms with van der Waals surface area (Å²) in [5, 5.41) is 9.58. The maximum Gasteiger partial charge on any atom is 0.0603 e. The van der Waals surface area contributed by atoms with Crippen molar-refractivity contribution in [1.29, 1.82) is 0 Å². The van der Waals surface area contributed by atoms with Crippen molar-refractivity contribution in [2.24, 2.45) is 0 Å². The molecule has 0 aliphatic heterocycles. The smallest absolute Gasteiger partial charge is 0.0603 e. The lowest BCUT2D eigenvalue weighted by Crippen LogP contribution is -2.14. The second-order valence-electron chi connectivity index (χ2n) is 3.17. The van der Waals surface area contributed by atoms with Crippen molar-refractivity contribution < 1.29 is 5.11 Å². The van der Waals surface area contributed by atoms with Gasteiger partial charge in [0.1, 0.15) is 0 Å². The van der Waals surface area contributed by atoms with Crippen LogP contribution in [-0.4, -0.2) is 11.2 Å². The van der Waals surface area contributed by atoms with Crippen molar-refractivity contribution in [3.8, 4) is 0 Å². The molecule has 1 aromatic carbocycles. The van der Waals surface area contributed by atoms with Crippen LogP contribution in [0.4, 0.5) is 0 Å². The third-order valence-electron chi connectivity index (χ3n) is 2.32. The Kier molecular flexibility index (Phi) is 3.30. The number of hydrogen-bond donors (Lipinski definition) is 1. The van der Waals surface area contributed by atoms with Crippen LogP contribution >= 0.6 is 0 Å². The molecule has 0 spiro atoms. The summed E-state index contributed by atoms with van der Waals surface area (Å²) >= 11 is 0. The fourth-order valence-corrected chi connectivity index (χ4v) is 1.33. The molecule has 0 amide bonds. The molecule has 1 rings (SSSR count). The third-order valence-corrected chi connectivity index (χ3v) is 2.32. The van der Waals surface area contributed by atoms with Gasteiger partial charge in [-0.25, -0.2) is 0 Å². The first-order chi connectivity index (χ1) is 5.75.